The van der Waals surface area contributed by atoms with Crippen molar-refractivity contribution in [2.24, 2.45) is 0 Å². The first kappa shape index (κ1) is 16.2. The molecule has 0 bridgehead atoms. The molecular formula is C15H25NO2S. The van der Waals surface area contributed by atoms with E-state index in [-0.39, 0.29) is 0 Å². The summed E-state index contributed by atoms with van der Waals surface area (Å²) in [5.41, 5.74) is 1.24. The second-order valence-electron chi connectivity index (χ2n) is 4.53. The number of nitrogens with one attached hydrogen (secondary N) is 1. The van der Waals surface area contributed by atoms with Gasteiger partial charge in [-0.3, -0.25) is 0 Å². The second kappa shape index (κ2) is 8.33. The molecule has 1 rings (SSSR count). The molecule has 1 aromatic rings. The molecule has 3 nitrogen and oxygen atoms in total. The van der Waals surface area contributed by atoms with Crippen molar-refractivity contribution in [2.75, 3.05) is 27.0 Å². The number of hydrogen-bond donors (Lipinski definition) is 1. The van der Waals surface area contributed by atoms with E-state index in [1.54, 1.807) is 14.2 Å². The summed E-state index contributed by atoms with van der Waals surface area (Å²) in [6.45, 7) is 5.44. The van der Waals surface area contributed by atoms with Gasteiger partial charge in [0.15, 0.2) is 11.5 Å². The summed E-state index contributed by atoms with van der Waals surface area (Å²) in [6, 6.07) is 6.49. The molecule has 0 saturated heterocycles. The lowest BCUT2D eigenvalue weighted by Crippen LogP contribution is -2.27. The van der Waals surface area contributed by atoms with E-state index in [1.807, 2.05) is 17.8 Å². The van der Waals surface area contributed by atoms with Gasteiger partial charge in [-0.05, 0) is 30.4 Å². The topological polar surface area (TPSA) is 30.5 Å². The van der Waals surface area contributed by atoms with Crippen LogP contribution in [0.3, 0.4) is 0 Å². The van der Waals surface area contributed by atoms with Gasteiger partial charge in [-0.15, -0.1) is 0 Å². The Morgan fingerprint density at radius 2 is 1.89 bits per heavy atom. The minimum Gasteiger partial charge on any atom is -0.493 e. The van der Waals surface area contributed by atoms with Crippen molar-refractivity contribution < 1.29 is 9.47 Å². The maximum Gasteiger partial charge on any atom is 0.161 e. The zero-order chi connectivity index (χ0) is 14.3. The summed E-state index contributed by atoms with van der Waals surface area (Å²) in [5, 5.41) is 4.23. The van der Waals surface area contributed by atoms with E-state index in [1.165, 1.54) is 5.56 Å². The molecule has 0 saturated carbocycles. The maximum atomic E-state index is 5.36. The Kier molecular flexibility index (Phi) is 7.10. The Balaban J connectivity index is 2.80. The molecule has 0 spiro atoms. The molecule has 108 valence electrons. The van der Waals surface area contributed by atoms with E-state index < -0.39 is 0 Å². The Morgan fingerprint density at radius 3 is 2.42 bits per heavy atom. The molecule has 19 heavy (non-hydrogen) atoms. The van der Waals surface area contributed by atoms with E-state index in [0.717, 1.165) is 24.5 Å². The lowest BCUT2D eigenvalue weighted by atomic mass is 10.0. The predicted octanol–water partition coefficient (Wildman–Crippen LogP) is 3.50. The highest BCUT2D eigenvalue weighted by Crippen LogP contribution is 2.30. The first-order valence-corrected chi connectivity index (χ1v) is 7.93. The summed E-state index contributed by atoms with van der Waals surface area (Å²) in [6.07, 6.45) is 3.19. The lowest BCUT2D eigenvalue weighted by molar-refractivity contribution is 0.353. The average molecular weight is 283 g/mol. The Labute approximate surface area is 121 Å². The summed E-state index contributed by atoms with van der Waals surface area (Å²) in [4.78, 5) is 0. The van der Waals surface area contributed by atoms with E-state index in [0.29, 0.717) is 11.3 Å². The average Bonchev–Trinajstić information content (AvgIpc) is 2.47. The minimum atomic E-state index is 0.356. The normalized spacial score (nSPS) is 13.9. The van der Waals surface area contributed by atoms with Crippen molar-refractivity contribution in [1.29, 1.82) is 0 Å². The third-order valence-corrected chi connectivity index (χ3v) is 4.24. The fourth-order valence-corrected chi connectivity index (χ4v) is 2.22. The van der Waals surface area contributed by atoms with Crippen molar-refractivity contribution in [3.63, 3.8) is 0 Å². The maximum absolute atomic E-state index is 5.36. The van der Waals surface area contributed by atoms with E-state index in [2.05, 4.69) is 37.6 Å². The number of hydrogen-bond acceptors (Lipinski definition) is 4. The van der Waals surface area contributed by atoms with Gasteiger partial charge in [-0.25, -0.2) is 0 Å². The molecule has 0 aliphatic heterocycles. The zero-order valence-corrected chi connectivity index (χ0v) is 13.3. The zero-order valence-electron chi connectivity index (χ0n) is 12.5. The van der Waals surface area contributed by atoms with Crippen LogP contribution in [-0.4, -0.2) is 32.3 Å². The van der Waals surface area contributed by atoms with Crippen LogP contribution in [0.5, 0.6) is 11.5 Å². The fraction of sp³-hybridized carbons (Fsp3) is 0.600. The van der Waals surface area contributed by atoms with Gasteiger partial charge in [-0.2, -0.15) is 11.8 Å². The summed E-state index contributed by atoms with van der Waals surface area (Å²) >= 11 is 1.88. The molecular weight excluding hydrogens is 258 g/mol. The van der Waals surface area contributed by atoms with Crippen LogP contribution < -0.4 is 14.8 Å². The van der Waals surface area contributed by atoms with E-state index in [9.17, 15) is 0 Å². The molecule has 4 heteroatoms. The summed E-state index contributed by atoms with van der Waals surface area (Å²) < 4.78 is 10.6. The van der Waals surface area contributed by atoms with Gasteiger partial charge in [0, 0.05) is 17.8 Å². The molecule has 0 amide bonds. The largest absolute Gasteiger partial charge is 0.493 e. The molecule has 0 aliphatic carbocycles. The van der Waals surface area contributed by atoms with Gasteiger partial charge in [0.1, 0.15) is 0 Å². The second-order valence-corrected chi connectivity index (χ2v) is 5.81. The molecule has 2 unspecified atom stereocenters. The van der Waals surface area contributed by atoms with Gasteiger partial charge < -0.3 is 14.8 Å². The molecule has 0 aromatic heterocycles. The predicted molar refractivity (Wildman–Crippen MR) is 83.6 cm³/mol. The van der Waals surface area contributed by atoms with Crippen LogP contribution in [0.1, 0.15) is 31.9 Å². The third-order valence-electron chi connectivity index (χ3n) is 3.27. The number of methoxy groups -OCH3 is 2. The number of thioether (sulfide) groups is 1. The lowest BCUT2D eigenvalue weighted by Gasteiger charge is -2.20. The van der Waals surface area contributed by atoms with Gasteiger partial charge in [-0.1, -0.05) is 19.9 Å². The number of benzene rings is 1. The molecule has 0 fully saturated rings. The molecule has 1 N–H and O–H groups in total. The molecule has 2 atom stereocenters. The smallest absolute Gasteiger partial charge is 0.161 e. The monoisotopic (exact) mass is 283 g/mol. The SMILES string of the molecule is CCC(NCC(C)SC)c1ccc(OC)c(OC)c1. The van der Waals surface area contributed by atoms with Gasteiger partial charge in [0.2, 0.25) is 0 Å². The standard InChI is InChI=1S/C15H25NO2S/c1-6-13(16-10-11(2)19-5)12-7-8-14(17-3)15(9-12)18-4/h7-9,11,13,16H,6,10H2,1-5H3. The Morgan fingerprint density at radius 1 is 1.21 bits per heavy atom. The number of rotatable bonds is 8. The van der Waals surface area contributed by atoms with Gasteiger partial charge in [0.05, 0.1) is 14.2 Å². The van der Waals surface area contributed by atoms with Crippen LogP contribution in [0.2, 0.25) is 0 Å². The molecule has 0 radical (unpaired) electrons. The van der Waals surface area contributed by atoms with Crippen LogP contribution >= 0.6 is 11.8 Å². The summed E-state index contributed by atoms with van der Waals surface area (Å²) in [5.74, 6) is 1.57. The Hall–Kier alpha value is -0.870. The van der Waals surface area contributed by atoms with Crippen LogP contribution in [0, 0.1) is 0 Å². The van der Waals surface area contributed by atoms with Crippen molar-refractivity contribution in [1.82, 2.24) is 5.32 Å². The van der Waals surface area contributed by atoms with Gasteiger partial charge >= 0.3 is 0 Å². The number of ether oxygens (including phenoxy) is 2. The van der Waals surface area contributed by atoms with E-state index >= 15 is 0 Å². The van der Waals surface area contributed by atoms with Crippen LogP contribution in [-0.2, 0) is 0 Å². The minimum absolute atomic E-state index is 0.356. The highest BCUT2D eigenvalue weighted by Gasteiger charge is 2.13. The van der Waals surface area contributed by atoms with Gasteiger partial charge in [0.25, 0.3) is 0 Å². The highest BCUT2D eigenvalue weighted by atomic mass is 32.2. The molecule has 0 heterocycles. The quantitative estimate of drug-likeness (QED) is 0.791. The summed E-state index contributed by atoms with van der Waals surface area (Å²) in [7, 11) is 3.33. The van der Waals surface area contributed by atoms with E-state index in [4.69, 9.17) is 9.47 Å². The fourth-order valence-electron chi connectivity index (χ4n) is 1.96. The van der Waals surface area contributed by atoms with Crippen LogP contribution in [0.25, 0.3) is 0 Å². The molecule has 0 aliphatic rings. The highest BCUT2D eigenvalue weighted by molar-refractivity contribution is 7.99. The van der Waals surface area contributed by atoms with Crippen LogP contribution in [0.4, 0.5) is 0 Å². The first-order valence-electron chi connectivity index (χ1n) is 6.64. The Bertz CT molecular complexity index is 384. The van der Waals surface area contributed by atoms with Crippen molar-refractivity contribution in [3.8, 4) is 11.5 Å². The first-order chi connectivity index (χ1) is 9.15. The molecule has 1 aromatic carbocycles. The third kappa shape index (κ3) is 4.62. The van der Waals surface area contributed by atoms with Crippen LogP contribution in [0.15, 0.2) is 18.2 Å². The van der Waals surface area contributed by atoms with Crippen molar-refractivity contribution in [2.45, 2.75) is 31.6 Å². The van der Waals surface area contributed by atoms with Crippen molar-refractivity contribution >= 4 is 11.8 Å². The van der Waals surface area contributed by atoms with Crippen molar-refractivity contribution in [3.05, 3.63) is 23.8 Å².